The largest absolute Gasteiger partial charge is 0.481 e. The molecule has 1 aliphatic heterocycles. The maximum Gasteiger partial charge on any atom is 0.306 e. The van der Waals surface area contributed by atoms with Crippen LogP contribution in [-0.4, -0.2) is 39.8 Å². The number of ketones is 2. The zero-order valence-corrected chi connectivity index (χ0v) is 9.23. The van der Waals surface area contributed by atoms with Crippen LogP contribution in [0.25, 0.3) is 0 Å². The average molecular weight is 231 g/mol. The van der Waals surface area contributed by atoms with Gasteiger partial charge in [-0.2, -0.15) is 0 Å². The van der Waals surface area contributed by atoms with Crippen molar-refractivity contribution in [2.24, 2.45) is 0 Å². The standard InChI is InChI=1S/C9H13NO4S/c1-6(11)4-7(12)9(5-8(13)14)10-2-3-15-9/h10H,2-5H2,1H3,(H,13,14). The van der Waals surface area contributed by atoms with E-state index in [1.807, 2.05) is 0 Å². The molecule has 6 heteroatoms. The van der Waals surface area contributed by atoms with E-state index in [0.717, 1.165) is 0 Å². The molecular formula is C9H13NO4S. The normalized spacial score (nSPS) is 25.1. The van der Waals surface area contributed by atoms with Crippen molar-refractivity contribution in [2.75, 3.05) is 12.3 Å². The predicted octanol–water partition coefficient (Wildman–Crippen LogP) is 0.0420. The quantitative estimate of drug-likeness (QED) is 0.650. The van der Waals surface area contributed by atoms with E-state index in [1.165, 1.54) is 18.7 Å². The summed E-state index contributed by atoms with van der Waals surface area (Å²) >= 11 is 1.27. The number of hydrogen-bond acceptors (Lipinski definition) is 5. The van der Waals surface area contributed by atoms with Gasteiger partial charge in [-0.1, -0.05) is 0 Å². The molecule has 1 heterocycles. The number of carboxylic acid groups (broad SMARTS) is 1. The van der Waals surface area contributed by atoms with Crippen LogP contribution in [0.1, 0.15) is 19.8 Å². The van der Waals surface area contributed by atoms with E-state index in [2.05, 4.69) is 5.32 Å². The van der Waals surface area contributed by atoms with Gasteiger partial charge in [0.15, 0.2) is 5.78 Å². The van der Waals surface area contributed by atoms with Crippen molar-refractivity contribution in [1.82, 2.24) is 5.32 Å². The molecule has 15 heavy (non-hydrogen) atoms. The predicted molar refractivity (Wildman–Crippen MR) is 55.7 cm³/mol. The minimum atomic E-state index is -1.09. The SMILES string of the molecule is CC(=O)CC(=O)C1(CC(=O)O)NCCS1. The molecule has 2 N–H and O–H groups in total. The van der Waals surface area contributed by atoms with Crippen LogP contribution >= 0.6 is 11.8 Å². The van der Waals surface area contributed by atoms with Gasteiger partial charge in [-0.25, -0.2) is 0 Å². The molecular weight excluding hydrogens is 218 g/mol. The Labute approximate surface area is 91.6 Å². The lowest BCUT2D eigenvalue weighted by Gasteiger charge is -2.24. The number of hydrogen-bond donors (Lipinski definition) is 2. The van der Waals surface area contributed by atoms with Crippen LogP contribution in [0.4, 0.5) is 0 Å². The molecule has 1 rings (SSSR count). The lowest BCUT2D eigenvalue weighted by Crippen LogP contribution is -2.47. The highest BCUT2D eigenvalue weighted by molar-refractivity contribution is 8.01. The van der Waals surface area contributed by atoms with E-state index in [4.69, 9.17) is 5.11 Å². The molecule has 1 aliphatic rings. The Morgan fingerprint density at radius 2 is 2.13 bits per heavy atom. The maximum atomic E-state index is 11.7. The molecule has 0 radical (unpaired) electrons. The number of thioether (sulfide) groups is 1. The molecule has 1 atom stereocenters. The van der Waals surface area contributed by atoms with Crippen LogP contribution in [0.2, 0.25) is 0 Å². The molecule has 5 nitrogen and oxygen atoms in total. The molecule has 0 saturated carbocycles. The first kappa shape index (κ1) is 12.2. The molecule has 0 aromatic carbocycles. The Bertz CT molecular complexity index is 296. The molecule has 0 aliphatic carbocycles. The van der Waals surface area contributed by atoms with Crippen LogP contribution in [0.3, 0.4) is 0 Å². The summed E-state index contributed by atoms with van der Waals surface area (Å²) in [5.41, 5.74) is 0. The maximum absolute atomic E-state index is 11.7. The molecule has 84 valence electrons. The van der Waals surface area contributed by atoms with Gasteiger partial charge in [0.25, 0.3) is 0 Å². The second kappa shape index (κ2) is 4.76. The summed E-state index contributed by atoms with van der Waals surface area (Å²) in [7, 11) is 0. The monoisotopic (exact) mass is 231 g/mol. The number of carbonyl (C=O) groups is 3. The second-order valence-electron chi connectivity index (χ2n) is 3.47. The second-order valence-corrected chi connectivity index (χ2v) is 4.87. The van der Waals surface area contributed by atoms with Gasteiger partial charge in [-0.15, -0.1) is 11.8 Å². The first-order valence-electron chi connectivity index (χ1n) is 4.60. The average Bonchev–Trinajstić information content (AvgIpc) is 2.51. The fourth-order valence-electron chi connectivity index (χ4n) is 1.50. The van der Waals surface area contributed by atoms with Crippen molar-refractivity contribution < 1.29 is 19.5 Å². The van der Waals surface area contributed by atoms with Gasteiger partial charge in [0, 0.05) is 12.3 Å². The molecule has 0 aromatic heterocycles. The third-order valence-electron chi connectivity index (χ3n) is 2.12. The number of carbonyl (C=O) groups excluding carboxylic acids is 2. The summed E-state index contributed by atoms with van der Waals surface area (Å²) in [4.78, 5) is 32.2. The molecule has 0 aromatic rings. The van der Waals surface area contributed by atoms with E-state index in [1.54, 1.807) is 0 Å². The summed E-state index contributed by atoms with van der Waals surface area (Å²) in [6.07, 6.45) is -0.475. The highest BCUT2D eigenvalue weighted by atomic mass is 32.2. The number of rotatable bonds is 5. The van der Waals surface area contributed by atoms with Crippen LogP contribution in [0, 0.1) is 0 Å². The zero-order chi connectivity index (χ0) is 11.5. The van der Waals surface area contributed by atoms with Crippen molar-refractivity contribution >= 4 is 29.3 Å². The molecule has 0 amide bonds. The third kappa shape index (κ3) is 3.04. The molecule has 1 fully saturated rings. The highest BCUT2D eigenvalue weighted by Crippen LogP contribution is 2.32. The lowest BCUT2D eigenvalue weighted by molar-refractivity contribution is -0.140. The summed E-state index contributed by atoms with van der Waals surface area (Å²) in [6, 6.07) is 0. The minimum Gasteiger partial charge on any atom is -0.481 e. The Morgan fingerprint density at radius 1 is 1.47 bits per heavy atom. The van der Waals surface area contributed by atoms with Crippen LogP contribution in [-0.2, 0) is 14.4 Å². The van der Waals surface area contributed by atoms with Crippen LogP contribution in [0.15, 0.2) is 0 Å². The van der Waals surface area contributed by atoms with Crippen LogP contribution < -0.4 is 5.32 Å². The van der Waals surface area contributed by atoms with Crippen LogP contribution in [0.5, 0.6) is 0 Å². The van der Waals surface area contributed by atoms with E-state index in [-0.39, 0.29) is 24.4 Å². The topological polar surface area (TPSA) is 83.5 Å². The van der Waals surface area contributed by atoms with Crippen molar-refractivity contribution in [3.05, 3.63) is 0 Å². The van der Waals surface area contributed by atoms with Gasteiger partial charge >= 0.3 is 5.97 Å². The van der Waals surface area contributed by atoms with Crippen molar-refractivity contribution in [1.29, 1.82) is 0 Å². The molecule has 1 unspecified atom stereocenters. The lowest BCUT2D eigenvalue weighted by atomic mass is 10.0. The van der Waals surface area contributed by atoms with Gasteiger partial charge in [0.05, 0.1) is 12.8 Å². The van der Waals surface area contributed by atoms with Crippen molar-refractivity contribution in [3.8, 4) is 0 Å². The van der Waals surface area contributed by atoms with Gasteiger partial charge in [0.2, 0.25) is 0 Å². The Morgan fingerprint density at radius 3 is 2.53 bits per heavy atom. The van der Waals surface area contributed by atoms with E-state index >= 15 is 0 Å². The fraction of sp³-hybridized carbons (Fsp3) is 0.667. The first-order valence-corrected chi connectivity index (χ1v) is 5.58. The van der Waals surface area contributed by atoms with Gasteiger partial charge in [-0.3, -0.25) is 19.7 Å². The van der Waals surface area contributed by atoms with E-state index in [9.17, 15) is 14.4 Å². The number of aliphatic carboxylic acids is 1. The minimum absolute atomic E-state index is 0.201. The highest BCUT2D eigenvalue weighted by Gasteiger charge is 2.43. The Kier molecular flexibility index (Phi) is 3.87. The van der Waals surface area contributed by atoms with Crippen molar-refractivity contribution in [2.45, 2.75) is 24.6 Å². The number of Topliss-reactive ketones (excluding diaryl/α,β-unsaturated/α-hetero) is 2. The summed E-state index contributed by atoms with van der Waals surface area (Å²) in [5.74, 6) is -0.913. The smallest absolute Gasteiger partial charge is 0.306 e. The zero-order valence-electron chi connectivity index (χ0n) is 8.41. The van der Waals surface area contributed by atoms with E-state index < -0.39 is 10.8 Å². The first-order chi connectivity index (χ1) is 6.96. The number of carboxylic acids is 1. The summed E-state index contributed by atoms with van der Waals surface area (Å²) in [6.45, 7) is 1.92. The third-order valence-corrected chi connectivity index (χ3v) is 3.54. The molecule has 0 bridgehead atoms. The molecule has 0 spiro atoms. The van der Waals surface area contributed by atoms with Crippen molar-refractivity contribution in [3.63, 3.8) is 0 Å². The Hall–Kier alpha value is -0.880. The molecule has 1 saturated heterocycles. The summed E-state index contributed by atoms with van der Waals surface area (Å²) < 4.78 is 0. The van der Waals surface area contributed by atoms with Gasteiger partial charge in [0.1, 0.15) is 10.7 Å². The van der Waals surface area contributed by atoms with Gasteiger partial charge < -0.3 is 5.11 Å². The number of nitrogens with one attached hydrogen (secondary N) is 1. The fourth-order valence-corrected chi connectivity index (χ4v) is 2.72. The van der Waals surface area contributed by atoms with E-state index in [0.29, 0.717) is 12.3 Å². The Balaban J connectivity index is 2.76. The summed E-state index contributed by atoms with van der Waals surface area (Å²) in [5, 5.41) is 11.6. The van der Waals surface area contributed by atoms with Gasteiger partial charge in [-0.05, 0) is 6.92 Å².